The van der Waals surface area contributed by atoms with Gasteiger partial charge in [-0.1, -0.05) is 0 Å². The van der Waals surface area contributed by atoms with Gasteiger partial charge >= 0.3 is 0 Å². The number of methoxy groups -OCH3 is 2. The third kappa shape index (κ3) is 2.76. The van der Waals surface area contributed by atoms with Crippen molar-refractivity contribution in [3.8, 4) is 11.5 Å². The van der Waals surface area contributed by atoms with Crippen LogP contribution in [0.3, 0.4) is 0 Å². The van der Waals surface area contributed by atoms with Gasteiger partial charge in [0.05, 0.1) is 14.2 Å². The summed E-state index contributed by atoms with van der Waals surface area (Å²) in [6.07, 6.45) is -0.145. The summed E-state index contributed by atoms with van der Waals surface area (Å²) in [5.41, 5.74) is 1.40. The second-order valence-corrected chi connectivity index (χ2v) is 7.30. The van der Waals surface area contributed by atoms with Crippen LogP contribution >= 0.6 is 24.4 Å². The Morgan fingerprint density at radius 3 is 1.89 bits per heavy atom. The first-order valence-corrected chi connectivity index (χ1v) is 9.30. The van der Waals surface area contributed by atoms with Gasteiger partial charge < -0.3 is 20.1 Å². The van der Waals surface area contributed by atoms with Crippen LogP contribution in [0.1, 0.15) is 6.92 Å². The highest BCUT2D eigenvalue weighted by molar-refractivity contribution is 7.81. The summed E-state index contributed by atoms with van der Waals surface area (Å²) in [6, 6.07) is 15.6. The van der Waals surface area contributed by atoms with Gasteiger partial charge in [0.1, 0.15) is 11.5 Å². The number of nitrogens with one attached hydrogen (secondary N) is 2. The lowest BCUT2D eigenvalue weighted by Crippen LogP contribution is -2.56. The highest BCUT2D eigenvalue weighted by Crippen LogP contribution is 2.38. The van der Waals surface area contributed by atoms with Crippen molar-refractivity contribution in [1.29, 1.82) is 0 Å². The highest BCUT2D eigenvalue weighted by Gasteiger charge is 2.57. The Morgan fingerprint density at radius 1 is 0.852 bits per heavy atom. The zero-order valence-corrected chi connectivity index (χ0v) is 16.9. The molecule has 2 aliphatic rings. The number of hydrogen-bond donors (Lipinski definition) is 2. The molecule has 140 valence electrons. The third-order valence-corrected chi connectivity index (χ3v) is 5.58. The molecule has 0 aromatic heterocycles. The minimum Gasteiger partial charge on any atom is -0.497 e. The SMILES string of the molecule is COc1ccc(N2C(=S)N[C@]3(C)[C@H]2NC(=S)N3c2ccc(OC)cc2)cc1. The molecule has 0 spiro atoms. The molecule has 0 saturated carbocycles. The molecule has 0 radical (unpaired) electrons. The van der Waals surface area contributed by atoms with Crippen molar-refractivity contribution in [2.24, 2.45) is 0 Å². The van der Waals surface area contributed by atoms with Gasteiger partial charge in [-0.3, -0.25) is 9.80 Å². The molecule has 2 fully saturated rings. The molecule has 0 amide bonds. The van der Waals surface area contributed by atoms with E-state index in [1.54, 1.807) is 14.2 Å². The summed E-state index contributed by atoms with van der Waals surface area (Å²) in [5.74, 6) is 1.60. The number of anilines is 2. The first-order valence-electron chi connectivity index (χ1n) is 8.48. The van der Waals surface area contributed by atoms with Gasteiger partial charge in [0.25, 0.3) is 0 Å². The molecule has 2 aromatic rings. The van der Waals surface area contributed by atoms with Crippen molar-refractivity contribution in [1.82, 2.24) is 10.6 Å². The van der Waals surface area contributed by atoms with Crippen molar-refractivity contribution >= 4 is 46.0 Å². The molecule has 0 bridgehead atoms. The van der Waals surface area contributed by atoms with Crippen molar-refractivity contribution < 1.29 is 9.47 Å². The minimum absolute atomic E-state index is 0.145. The molecule has 6 nitrogen and oxygen atoms in total. The van der Waals surface area contributed by atoms with Gasteiger partial charge in [-0.25, -0.2) is 0 Å². The second-order valence-electron chi connectivity index (χ2n) is 6.53. The van der Waals surface area contributed by atoms with E-state index in [-0.39, 0.29) is 6.17 Å². The normalized spacial score (nSPS) is 23.7. The molecule has 0 aliphatic carbocycles. The summed E-state index contributed by atoms with van der Waals surface area (Å²) >= 11 is 11.3. The average Bonchev–Trinajstić information content (AvgIpc) is 3.06. The maximum absolute atomic E-state index is 5.64. The highest BCUT2D eigenvalue weighted by atomic mass is 32.1. The first kappa shape index (κ1) is 17.8. The van der Waals surface area contributed by atoms with Gasteiger partial charge in [-0.15, -0.1) is 0 Å². The molecule has 8 heteroatoms. The predicted octanol–water partition coefficient (Wildman–Crippen LogP) is 2.84. The zero-order chi connectivity index (χ0) is 19.2. The zero-order valence-electron chi connectivity index (χ0n) is 15.2. The van der Waals surface area contributed by atoms with E-state index in [1.807, 2.05) is 53.4 Å². The molecule has 0 unspecified atom stereocenters. The Morgan fingerprint density at radius 2 is 1.37 bits per heavy atom. The van der Waals surface area contributed by atoms with E-state index >= 15 is 0 Å². The van der Waals surface area contributed by atoms with Crippen LogP contribution < -0.4 is 29.9 Å². The lowest BCUT2D eigenvalue weighted by atomic mass is 10.1. The number of hydrogen-bond acceptors (Lipinski definition) is 4. The third-order valence-electron chi connectivity index (χ3n) is 4.98. The average molecular weight is 401 g/mol. The van der Waals surface area contributed by atoms with Crippen molar-refractivity contribution in [2.45, 2.75) is 18.8 Å². The fraction of sp³-hybridized carbons (Fsp3) is 0.263. The maximum Gasteiger partial charge on any atom is 0.177 e. The van der Waals surface area contributed by atoms with E-state index in [9.17, 15) is 0 Å². The van der Waals surface area contributed by atoms with Crippen molar-refractivity contribution in [3.05, 3.63) is 48.5 Å². The van der Waals surface area contributed by atoms with Crippen LogP contribution in [0.25, 0.3) is 0 Å². The van der Waals surface area contributed by atoms with E-state index in [1.165, 1.54) is 0 Å². The lowest BCUT2D eigenvalue weighted by molar-refractivity contribution is 0.409. The molecule has 2 aliphatic heterocycles. The smallest absolute Gasteiger partial charge is 0.177 e. The monoisotopic (exact) mass is 400 g/mol. The molecule has 2 N–H and O–H groups in total. The van der Waals surface area contributed by atoms with Gasteiger partial charge in [0.15, 0.2) is 22.1 Å². The van der Waals surface area contributed by atoms with E-state index in [4.69, 9.17) is 33.9 Å². The Balaban J connectivity index is 1.69. The molecule has 4 rings (SSSR count). The van der Waals surface area contributed by atoms with E-state index in [2.05, 4.69) is 22.5 Å². The van der Waals surface area contributed by atoms with E-state index in [0.29, 0.717) is 10.2 Å². The Labute approximate surface area is 169 Å². The minimum atomic E-state index is -0.525. The summed E-state index contributed by atoms with van der Waals surface area (Å²) in [6.45, 7) is 2.09. The summed E-state index contributed by atoms with van der Waals surface area (Å²) in [4.78, 5) is 4.10. The number of nitrogens with zero attached hydrogens (tertiary/aromatic N) is 2. The van der Waals surface area contributed by atoms with Crippen LogP contribution in [0.2, 0.25) is 0 Å². The maximum atomic E-state index is 5.64. The van der Waals surface area contributed by atoms with Crippen LogP contribution in [-0.2, 0) is 0 Å². The number of thiocarbonyl (C=S) groups is 2. The lowest BCUT2D eigenvalue weighted by Gasteiger charge is -2.34. The number of rotatable bonds is 4. The molecular formula is C19H20N4O2S2. The molecule has 2 aromatic carbocycles. The van der Waals surface area contributed by atoms with Gasteiger partial charge in [0.2, 0.25) is 0 Å². The quantitative estimate of drug-likeness (QED) is 0.760. The summed E-state index contributed by atoms with van der Waals surface area (Å²) < 4.78 is 10.5. The summed E-state index contributed by atoms with van der Waals surface area (Å²) in [5, 5.41) is 8.14. The second kappa shape index (κ2) is 6.54. The van der Waals surface area contributed by atoms with E-state index < -0.39 is 5.66 Å². The largest absolute Gasteiger partial charge is 0.497 e. The molecule has 2 saturated heterocycles. The van der Waals surface area contributed by atoms with Crippen LogP contribution in [0.4, 0.5) is 11.4 Å². The predicted molar refractivity (Wildman–Crippen MR) is 115 cm³/mol. The molecule has 27 heavy (non-hydrogen) atoms. The van der Waals surface area contributed by atoms with Gasteiger partial charge in [0, 0.05) is 11.4 Å². The Kier molecular flexibility index (Phi) is 4.32. The Hall–Kier alpha value is -2.58. The van der Waals surface area contributed by atoms with Crippen LogP contribution in [0, 0.1) is 0 Å². The van der Waals surface area contributed by atoms with Crippen molar-refractivity contribution in [2.75, 3.05) is 24.0 Å². The van der Waals surface area contributed by atoms with Crippen LogP contribution in [-0.4, -0.2) is 36.3 Å². The molecule has 2 atom stereocenters. The standard InChI is InChI=1S/C19H20N4O2S2/c1-19-16(20-17(26)23(19)13-6-10-15(25-3)11-7-13)22(18(27)21-19)12-4-8-14(24-2)9-5-12/h4-11,16H,1-3H3,(H,20,26)(H,21,27)/t16-,19-/m0/s1. The fourth-order valence-electron chi connectivity index (χ4n) is 3.62. The van der Waals surface area contributed by atoms with Gasteiger partial charge in [-0.2, -0.15) is 0 Å². The van der Waals surface area contributed by atoms with Crippen LogP contribution in [0.5, 0.6) is 11.5 Å². The first-order chi connectivity index (χ1) is 13.0. The molecular weight excluding hydrogens is 380 g/mol. The number of ether oxygens (including phenoxy) is 2. The summed E-state index contributed by atoms with van der Waals surface area (Å²) in [7, 11) is 3.30. The molecule has 2 heterocycles. The van der Waals surface area contributed by atoms with Gasteiger partial charge in [-0.05, 0) is 79.9 Å². The topological polar surface area (TPSA) is 49.0 Å². The Bertz CT molecular complexity index is 886. The fourth-order valence-corrected chi connectivity index (χ4v) is 4.44. The van der Waals surface area contributed by atoms with E-state index in [0.717, 1.165) is 22.9 Å². The van der Waals surface area contributed by atoms with Crippen LogP contribution in [0.15, 0.2) is 48.5 Å². The number of benzene rings is 2. The van der Waals surface area contributed by atoms with Crippen molar-refractivity contribution in [3.63, 3.8) is 0 Å². The number of fused-ring (bicyclic) bond motifs is 1.